The maximum Gasteiger partial charge on any atom is 0.123 e. The van der Waals surface area contributed by atoms with Crippen molar-refractivity contribution in [1.82, 2.24) is 60.6 Å². The van der Waals surface area contributed by atoms with Gasteiger partial charge in [0, 0.05) is 234 Å². The molecule has 1 saturated carbocycles. The van der Waals surface area contributed by atoms with Crippen molar-refractivity contribution in [2.45, 2.75) is 238 Å². The first-order chi connectivity index (χ1) is 64.4. The lowest BCUT2D eigenvalue weighted by Gasteiger charge is -2.38. The number of hydrogen-bond donors (Lipinski definition) is 6. The number of aromatic nitrogens is 2. The first-order valence-corrected chi connectivity index (χ1v) is 51.9. The number of piperidine rings is 5. The minimum atomic E-state index is -0.147. The Hall–Kier alpha value is -8.75. The zero-order valence-corrected chi connectivity index (χ0v) is 81.8. The first kappa shape index (κ1) is 93.6. The number of hydrogen-bond acceptors (Lipinski definition) is 13. The van der Waals surface area contributed by atoms with Crippen molar-refractivity contribution in [2.24, 2.45) is 0 Å². The second-order valence-corrected chi connectivity index (χ2v) is 41.8. The molecule has 132 heavy (non-hydrogen) atoms. The number of anilines is 3. The molecule has 11 aliphatic rings. The molecule has 8 aromatic carbocycles. The summed E-state index contributed by atoms with van der Waals surface area (Å²) in [5.41, 5.74) is 31.4. The van der Waals surface area contributed by atoms with Crippen LogP contribution in [0.5, 0.6) is 0 Å². The lowest BCUT2D eigenvalue weighted by Crippen LogP contribution is -2.51. The number of nitrogens with zero attached hydrogens (tertiary/aromatic N) is 9. The van der Waals surface area contributed by atoms with Crippen molar-refractivity contribution in [3.8, 4) is 22.5 Å². The molecule has 0 bridgehead atoms. The smallest absolute Gasteiger partial charge is 0.123 e. The van der Waals surface area contributed by atoms with Crippen LogP contribution >= 0.6 is 0 Å². The molecule has 15 nitrogen and oxygen atoms in total. The van der Waals surface area contributed by atoms with Crippen LogP contribution in [0.25, 0.3) is 67.1 Å². The zero-order valence-electron chi connectivity index (χ0n) is 81.8. The van der Waals surface area contributed by atoms with Crippen molar-refractivity contribution < 1.29 is 4.39 Å². The summed E-state index contributed by atoms with van der Waals surface area (Å²) in [4.78, 5) is 30.6. The quantitative estimate of drug-likeness (QED) is 0.0388. The van der Waals surface area contributed by atoms with Gasteiger partial charge in [-0.3, -0.25) is 19.6 Å². The Balaban J connectivity index is 0.000000118. The number of fused-ring (bicyclic) bond motifs is 7. The Bertz CT molecular complexity index is 5490. The Morgan fingerprint density at radius 3 is 1.45 bits per heavy atom. The number of benzene rings is 8. The van der Waals surface area contributed by atoms with Crippen molar-refractivity contribution in [2.75, 3.05) is 166 Å². The molecule has 16 heteroatoms. The van der Waals surface area contributed by atoms with Crippen LogP contribution in [0, 0.1) is 26.6 Å². The molecule has 0 unspecified atom stereocenters. The van der Waals surface area contributed by atoms with Crippen molar-refractivity contribution in [3.63, 3.8) is 0 Å². The highest BCUT2D eigenvalue weighted by Gasteiger charge is 2.33. The molecule has 0 atom stereocenters. The molecular weight excluding hydrogens is 1620 g/mol. The molecule has 6 N–H and O–H groups in total. The normalized spacial score (nSPS) is 21.0. The van der Waals surface area contributed by atoms with E-state index < -0.39 is 0 Å². The van der Waals surface area contributed by atoms with E-state index in [2.05, 4.69) is 308 Å². The maximum atomic E-state index is 13.6. The molecular formula is C116H156FN15. The minimum Gasteiger partial charge on any atom is -0.371 e. The van der Waals surface area contributed by atoms with Crippen LogP contribution in [0.2, 0.25) is 0 Å². The molecule has 9 heterocycles. The van der Waals surface area contributed by atoms with E-state index in [0.717, 1.165) is 70.8 Å². The molecule has 702 valence electrons. The van der Waals surface area contributed by atoms with Gasteiger partial charge in [-0.25, -0.2) is 4.39 Å². The third kappa shape index (κ3) is 23.0. The molecule has 7 saturated heterocycles. The number of aryl methyl sites for hydroxylation is 4. The van der Waals surface area contributed by atoms with Gasteiger partial charge in [-0.05, 0) is 356 Å². The van der Waals surface area contributed by atoms with Crippen LogP contribution < -0.4 is 36.0 Å². The van der Waals surface area contributed by atoms with Gasteiger partial charge in [0.15, 0.2) is 0 Å². The van der Waals surface area contributed by atoms with Crippen molar-refractivity contribution >= 4 is 61.7 Å². The Kier molecular flexibility index (Phi) is 31.2. The largest absolute Gasteiger partial charge is 0.371 e. The molecule has 0 spiro atoms. The van der Waals surface area contributed by atoms with Gasteiger partial charge in [0.25, 0.3) is 0 Å². The first-order valence-electron chi connectivity index (χ1n) is 51.9. The number of para-hydroxylation sites is 2. The lowest BCUT2D eigenvalue weighted by atomic mass is 9.80. The molecule has 0 amide bonds. The fourth-order valence-electron chi connectivity index (χ4n) is 23.9. The fourth-order valence-corrected chi connectivity index (χ4v) is 23.9. The number of nitrogens with one attached hydrogen (secondary N) is 6. The molecule has 10 aromatic rings. The van der Waals surface area contributed by atoms with E-state index in [1.165, 1.54) is 311 Å². The number of aromatic amines is 2. The number of H-pyrrole nitrogens is 2. The number of piperazine rings is 2. The van der Waals surface area contributed by atoms with Gasteiger partial charge in [-0.15, -0.1) is 0 Å². The zero-order chi connectivity index (χ0) is 90.7. The predicted molar refractivity (Wildman–Crippen MR) is 557 cm³/mol. The van der Waals surface area contributed by atoms with Crippen LogP contribution in [0.15, 0.2) is 176 Å². The van der Waals surface area contributed by atoms with Gasteiger partial charge >= 0.3 is 0 Å². The van der Waals surface area contributed by atoms with E-state index in [0.29, 0.717) is 60.3 Å². The van der Waals surface area contributed by atoms with Crippen LogP contribution in [0.1, 0.15) is 205 Å². The monoisotopic (exact) mass is 1780 g/mol. The van der Waals surface area contributed by atoms with Crippen LogP contribution in [-0.2, 0) is 19.3 Å². The van der Waals surface area contributed by atoms with E-state index in [1.807, 2.05) is 6.07 Å². The Morgan fingerprint density at radius 2 is 0.856 bits per heavy atom. The summed E-state index contributed by atoms with van der Waals surface area (Å²) in [6.07, 6.45) is 24.3. The predicted octanol–water partition coefficient (Wildman–Crippen LogP) is 20.9. The molecule has 4 aliphatic carbocycles. The van der Waals surface area contributed by atoms with Crippen LogP contribution in [-0.4, -0.2) is 245 Å². The summed E-state index contributed by atoms with van der Waals surface area (Å²) in [5.74, 6) is 0.517. The second-order valence-electron chi connectivity index (χ2n) is 41.8. The van der Waals surface area contributed by atoms with Gasteiger partial charge in [0.1, 0.15) is 5.82 Å². The number of rotatable bonds is 22. The maximum absolute atomic E-state index is 13.6. The molecule has 0 radical (unpaired) electrons. The van der Waals surface area contributed by atoms with Gasteiger partial charge in [-0.1, -0.05) is 121 Å². The standard InChI is InChI=1S/C31H42N4.C30H43N5.C29H37FN2.C26H34N4/c1-23(2)34-19-17-33(18-20-34)16-13-32-26-11-14-35(15-12-26)27-9-7-24-8-10-29-28-6-4-3-5-25(28)21-31(29)30(24)22-27;1-22(2)34-19-17-33(18-20-34)16-13-31-25-11-14-35(15-12-25)26-10-9-23(3)28(21-26)30-24(4)27-7-5-6-8-29(27)32-30;1-20(2)32-14-12-29(13-15-32)31-28-10-7-21(8-11-28)22-4-3-5-23(16-22)25-17-24-6-9-27(30)19-26(24)18-25;1-19-24-8-3-4-9-25(24)28-26(19)20-6-5-7-23(18-20)30-16-12-22(13-17-30)27-21-10-14-29(2)15-11-21/h3-7,9,22-23,26,32H,8,10-21H2,1-2H3;5-10,21-22,25,31-32H,11-20H2,1-4H3;3-6,9,16,18-21,28-29,31H,7-8,10-15,17H2,1-2H3;3-9,18,21-22,27-28H,10-17H2,1-2H3. The lowest BCUT2D eigenvalue weighted by molar-refractivity contribution is 0.108. The van der Waals surface area contributed by atoms with Gasteiger partial charge in [0.2, 0.25) is 0 Å². The highest BCUT2D eigenvalue weighted by molar-refractivity contribution is 6.00. The van der Waals surface area contributed by atoms with Gasteiger partial charge < -0.3 is 55.7 Å². The number of allylic oxidation sites excluding steroid dienone is 3. The van der Waals surface area contributed by atoms with Gasteiger partial charge in [0.05, 0.1) is 0 Å². The van der Waals surface area contributed by atoms with E-state index >= 15 is 0 Å². The summed E-state index contributed by atoms with van der Waals surface area (Å²) in [7, 11) is 2.24. The van der Waals surface area contributed by atoms with E-state index in [4.69, 9.17) is 0 Å². The summed E-state index contributed by atoms with van der Waals surface area (Å²) in [5, 5.41) is 18.3. The van der Waals surface area contributed by atoms with E-state index in [-0.39, 0.29) is 5.82 Å². The third-order valence-electron chi connectivity index (χ3n) is 32.5. The number of likely N-dealkylation sites (tertiary alicyclic amines) is 2. The highest BCUT2D eigenvalue weighted by Crippen LogP contribution is 2.47. The number of halogens is 1. The van der Waals surface area contributed by atoms with Crippen molar-refractivity contribution in [1.29, 1.82) is 0 Å². The average molecular weight is 1780 g/mol. The molecule has 2 aromatic heterocycles. The highest BCUT2D eigenvalue weighted by atomic mass is 19.1. The molecule has 7 aliphatic heterocycles. The summed E-state index contributed by atoms with van der Waals surface area (Å²) in [6, 6.07) is 70.1. The average Bonchev–Trinajstić information content (AvgIpc) is 1.60. The van der Waals surface area contributed by atoms with Crippen molar-refractivity contribution in [3.05, 3.63) is 243 Å². The van der Waals surface area contributed by atoms with Gasteiger partial charge in [-0.2, -0.15) is 0 Å². The van der Waals surface area contributed by atoms with Crippen LogP contribution in [0.3, 0.4) is 0 Å². The molecule has 21 rings (SSSR count). The summed E-state index contributed by atoms with van der Waals surface area (Å²) in [6.45, 7) is 46.7. The summed E-state index contributed by atoms with van der Waals surface area (Å²) >= 11 is 0. The fraction of sp³-hybridized carbons (Fsp3) is 0.517. The minimum absolute atomic E-state index is 0.147. The summed E-state index contributed by atoms with van der Waals surface area (Å²) < 4.78 is 13.6. The molecule has 8 fully saturated rings. The third-order valence-corrected chi connectivity index (χ3v) is 32.5. The SMILES string of the molecule is CC(C)N1CCC(NC2CCC(c3cccc(C4=Cc5cc(F)ccc5C4)c3)CC2)CC1.CC(C)N1CCN(CCNC2CCN(c3ccc4c(c3)C3=C(CC4)c4ccccc4C3)CC2)CC1.Cc1c(-c2cccc(N3CCC(NC4CCN(C)CC4)CC3)c2)[nH]c2ccccc12.Cc1ccc(N2CCC(NCCN3CCN(C(C)C)CC3)CC2)cc1-c1[nH]c2ccccc2c1C. The van der Waals surface area contributed by atoms with E-state index in [9.17, 15) is 4.39 Å². The Labute approximate surface area is 791 Å². The topological polar surface area (TPSA) is 109 Å². The second kappa shape index (κ2) is 43.9. The Morgan fingerprint density at radius 1 is 0.371 bits per heavy atom. The van der Waals surface area contributed by atoms with E-state index in [1.54, 1.807) is 28.8 Å². The van der Waals surface area contributed by atoms with Crippen LogP contribution in [0.4, 0.5) is 21.5 Å².